The van der Waals surface area contributed by atoms with Crippen molar-refractivity contribution in [1.29, 1.82) is 0 Å². The van der Waals surface area contributed by atoms with E-state index in [-0.39, 0.29) is 16.8 Å². The van der Waals surface area contributed by atoms with Gasteiger partial charge in [-0.2, -0.15) is 0 Å². The molecule has 0 amide bonds. The molecule has 6 heteroatoms. The molecule has 0 atom stereocenters. The average Bonchev–Trinajstić information content (AvgIpc) is 2.15. The third kappa shape index (κ3) is 1.72. The zero-order valence-electron chi connectivity index (χ0n) is 7.54. The fourth-order valence-electron chi connectivity index (χ4n) is 1.30. The summed E-state index contributed by atoms with van der Waals surface area (Å²) in [5.74, 6) is -0.0250. The van der Waals surface area contributed by atoms with Gasteiger partial charge in [-0.1, -0.05) is 0 Å². The van der Waals surface area contributed by atoms with Crippen molar-refractivity contribution >= 4 is 23.6 Å². The summed E-state index contributed by atoms with van der Waals surface area (Å²) in [5, 5.41) is 27.4. The topological polar surface area (TPSA) is 90.9 Å². The maximum atomic E-state index is 11.2. The third-order valence-electron chi connectivity index (χ3n) is 2.02. The molecule has 0 radical (unpaired) electrons. The van der Waals surface area contributed by atoms with Crippen LogP contribution in [0.3, 0.4) is 0 Å². The molecule has 5 nitrogen and oxygen atoms in total. The third-order valence-corrected chi connectivity index (χ3v) is 2.02. The highest BCUT2D eigenvalue weighted by Gasteiger charge is 2.17. The smallest absolute Gasteiger partial charge is 0.495 e. The quantitative estimate of drug-likeness (QED) is 0.418. The Morgan fingerprint density at radius 1 is 1.20 bits per heavy atom. The molecular formula is C9H7BO5. The first-order chi connectivity index (χ1) is 7.08. The predicted octanol–water partition coefficient (Wildman–Crippen LogP) is -0.822. The fourth-order valence-corrected chi connectivity index (χ4v) is 1.30. The molecule has 3 N–H and O–H groups in total. The zero-order valence-corrected chi connectivity index (χ0v) is 7.54. The lowest BCUT2D eigenvalue weighted by atomic mass is 9.81. The molecule has 1 aromatic heterocycles. The molecule has 76 valence electrons. The van der Waals surface area contributed by atoms with E-state index in [9.17, 15) is 4.79 Å². The maximum absolute atomic E-state index is 11.2. The van der Waals surface area contributed by atoms with Crippen molar-refractivity contribution in [3.05, 3.63) is 34.7 Å². The molecule has 0 fully saturated rings. The molecule has 0 saturated carbocycles. The summed E-state index contributed by atoms with van der Waals surface area (Å²) in [6.45, 7) is 0. The van der Waals surface area contributed by atoms with Gasteiger partial charge in [0, 0.05) is 11.5 Å². The van der Waals surface area contributed by atoms with Crippen LogP contribution in [0.15, 0.2) is 33.5 Å². The second kappa shape index (κ2) is 3.41. The van der Waals surface area contributed by atoms with Gasteiger partial charge in [0.25, 0.3) is 0 Å². The summed E-state index contributed by atoms with van der Waals surface area (Å²) in [6, 6.07) is 5.52. The van der Waals surface area contributed by atoms with Crippen molar-refractivity contribution in [2.45, 2.75) is 0 Å². The summed E-state index contributed by atoms with van der Waals surface area (Å²) in [6.07, 6.45) is 0. The van der Waals surface area contributed by atoms with Gasteiger partial charge in [0.2, 0.25) is 0 Å². The van der Waals surface area contributed by atoms with Gasteiger partial charge < -0.3 is 19.6 Å². The lowest BCUT2D eigenvalue weighted by Gasteiger charge is -2.00. The Bertz CT molecular complexity index is 560. The van der Waals surface area contributed by atoms with Crippen molar-refractivity contribution in [2.24, 2.45) is 0 Å². The summed E-state index contributed by atoms with van der Waals surface area (Å²) in [4.78, 5) is 11.2. The van der Waals surface area contributed by atoms with E-state index in [4.69, 9.17) is 19.6 Å². The van der Waals surface area contributed by atoms with E-state index in [1.54, 1.807) is 0 Å². The van der Waals surface area contributed by atoms with Crippen LogP contribution < -0.4 is 11.1 Å². The van der Waals surface area contributed by atoms with Crippen molar-refractivity contribution in [2.75, 3.05) is 0 Å². The van der Waals surface area contributed by atoms with Crippen LogP contribution in [0.25, 0.3) is 11.0 Å². The van der Waals surface area contributed by atoms with Crippen molar-refractivity contribution in [3.63, 3.8) is 0 Å². The normalized spacial score (nSPS) is 10.5. The first kappa shape index (κ1) is 9.76. The number of benzene rings is 1. The molecule has 15 heavy (non-hydrogen) atoms. The number of phenolic OH excluding ortho intramolecular Hbond substituents is 1. The minimum Gasteiger partial charge on any atom is -0.508 e. The molecular weight excluding hydrogens is 199 g/mol. The summed E-state index contributed by atoms with van der Waals surface area (Å²) in [5.41, 5.74) is -0.860. The first-order valence-electron chi connectivity index (χ1n) is 4.21. The number of hydrogen-bond acceptors (Lipinski definition) is 5. The largest absolute Gasteiger partial charge is 0.508 e. The lowest BCUT2D eigenvalue weighted by Crippen LogP contribution is -2.40. The van der Waals surface area contributed by atoms with E-state index in [1.165, 1.54) is 24.3 Å². The summed E-state index contributed by atoms with van der Waals surface area (Å²) >= 11 is 0. The van der Waals surface area contributed by atoms with Crippen molar-refractivity contribution in [3.8, 4) is 5.75 Å². The molecule has 2 aromatic rings. The standard InChI is InChI=1S/C9H7BO5/c11-6-2-1-5-3-7(10(13)14)9(12)15-8(5)4-6/h1-4,11,13-14H. The van der Waals surface area contributed by atoms with Gasteiger partial charge >= 0.3 is 12.7 Å². The zero-order chi connectivity index (χ0) is 11.0. The van der Waals surface area contributed by atoms with E-state index in [0.29, 0.717) is 5.39 Å². The van der Waals surface area contributed by atoms with Gasteiger partial charge in [-0.05, 0) is 18.2 Å². The molecule has 0 aliphatic heterocycles. The molecule has 0 aliphatic carbocycles. The van der Waals surface area contributed by atoms with Crippen LogP contribution in [-0.4, -0.2) is 22.3 Å². The van der Waals surface area contributed by atoms with Crippen LogP contribution in [0.5, 0.6) is 5.75 Å². The van der Waals surface area contributed by atoms with Gasteiger partial charge in [-0.25, -0.2) is 4.79 Å². The van der Waals surface area contributed by atoms with Gasteiger partial charge in [-0.15, -0.1) is 0 Å². The van der Waals surface area contributed by atoms with E-state index in [0.717, 1.165) is 0 Å². The minimum absolute atomic E-state index is 0.0250. The Morgan fingerprint density at radius 2 is 1.93 bits per heavy atom. The molecule has 1 heterocycles. The lowest BCUT2D eigenvalue weighted by molar-refractivity contribution is 0.422. The highest BCUT2D eigenvalue weighted by Crippen LogP contribution is 2.17. The van der Waals surface area contributed by atoms with Crippen LogP contribution in [0.4, 0.5) is 0 Å². The van der Waals surface area contributed by atoms with E-state index >= 15 is 0 Å². The number of fused-ring (bicyclic) bond motifs is 1. The van der Waals surface area contributed by atoms with Crippen LogP contribution in [-0.2, 0) is 0 Å². The van der Waals surface area contributed by atoms with Crippen LogP contribution in [0, 0.1) is 0 Å². The van der Waals surface area contributed by atoms with Gasteiger partial charge in [0.05, 0.1) is 5.46 Å². The number of hydrogen-bond donors (Lipinski definition) is 3. The van der Waals surface area contributed by atoms with Crippen LogP contribution >= 0.6 is 0 Å². The minimum atomic E-state index is -1.86. The predicted molar refractivity (Wildman–Crippen MR) is 54.0 cm³/mol. The Kier molecular flexibility index (Phi) is 2.22. The number of phenols is 1. The molecule has 1 aromatic carbocycles. The SMILES string of the molecule is O=c1oc2cc(O)ccc2cc1B(O)O. The summed E-state index contributed by atoms with van der Waals surface area (Å²) in [7, 11) is -1.86. The second-order valence-corrected chi connectivity index (χ2v) is 3.08. The molecule has 0 aliphatic rings. The number of aromatic hydroxyl groups is 1. The molecule has 0 spiro atoms. The highest BCUT2D eigenvalue weighted by molar-refractivity contribution is 6.58. The van der Waals surface area contributed by atoms with Gasteiger partial charge in [0.15, 0.2) is 0 Å². The highest BCUT2D eigenvalue weighted by atomic mass is 16.4. The Morgan fingerprint density at radius 3 is 2.60 bits per heavy atom. The van der Waals surface area contributed by atoms with Crippen LogP contribution in [0.2, 0.25) is 0 Å². The molecule has 2 rings (SSSR count). The molecule has 0 saturated heterocycles. The van der Waals surface area contributed by atoms with Gasteiger partial charge in [-0.3, -0.25) is 0 Å². The average molecular weight is 206 g/mol. The first-order valence-corrected chi connectivity index (χ1v) is 4.21. The van der Waals surface area contributed by atoms with Gasteiger partial charge in [0.1, 0.15) is 11.3 Å². The molecule has 0 bridgehead atoms. The Hall–Kier alpha value is -1.79. The monoisotopic (exact) mass is 206 g/mol. The summed E-state index contributed by atoms with van der Waals surface area (Å²) < 4.78 is 4.80. The van der Waals surface area contributed by atoms with E-state index in [1.807, 2.05) is 0 Å². The fraction of sp³-hybridized carbons (Fsp3) is 0. The Balaban J connectivity index is 2.76. The Labute approximate surface area is 84.4 Å². The maximum Gasteiger partial charge on any atom is 0.495 e. The van der Waals surface area contributed by atoms with E-state index in [2.05, 4.69) is 0 Å². The second-order valence-electron chi connectivity index (χ2n) is 3.08. The van der Waals surface area contributed by atoms with Crippen molar-refractivity contribution in [1.82, 2.24) is 0 Å². The molecule has 0 unspecified atom stereocenters. The van der Waals surface area contributed by atoms with E-state index < -0.39 is 12.7 Å². The van der Waals surface area contributed by atoms with Crippen LogP contribution in [0.1, 0.15) is 0 Å². The van der Waals surface area contributed by atoms with Crippen molar-refractivity contribution < 1.29 is 19.6 Å². The number of rotatable bonds is 1.